The van der Waals surface area contributed by atoms with Crippen molar-refractivity contribution in [2.45, 2.75) is 19.8 Å². The van der Waals surface area contributed by atoms with Crippen molar-refractivity contribution in [3.05, 3.63) is 47.1 Å². The van der Waals surface area contributed by atoms with E-state index in [4.69, 9.17) is 11.6 Å². The van der Waals surface area contributed by atoms with Gasteiger partial charge >= 0.3 is 0 Å². The molecule has 0 fully saturated rings. The van der Waals surface area contributed by atoms with Gasteiger partial charge in [0.15, 0.2) is 11.0 Å². The van der Waals surface area contributed by atoms with Gasteiger partial charge in [0.05, 0.1) is 0 Å². The number of halogens is 1. The highest BCUT2D eigenvalue weighted by atomic mass is 35.5. The Hall–Kier alpha value is -1.61. The zero-order chi connectivity index (χ0) is 12.3. The molecular formula is C13H14ClN3. The summed E-state index contributed by atoms with van der Waals surface area (Å²) in [6, 6.07) is 11.8. The molecule has 0 aliphatic rings. The predicted molar refractivity (Wildman–Crippen MR) is 70.9 cm³/mol. The highest BCUT2D eigenvalue weighted by molar-refractivity contribution is 6.29. The van der Waals surface area contributed by atoms with Crippen LogP contribution in [-0.2, 0) is 0 Å². The number of benzene rings is 1. The van der Waals surface area contributed by atoms with E-state index in [9.17, 15) is 0 Å². The lowest BCUT2D eigenvalue weighted by atomic mass is 10.0. The molecule has 0 atom stereocenters. The largest absolute Gasteiger partial charge is 0.339 e. The summed E-state index contributed by atoms with van der Waals surface area (Å²) in [5.74, 6) is 1.23. The molecule has 2 rings (SSSR count). The first-order valence-electron chi connectivity index (χ1n) is 5.51. The van der Waals surface area contributed by atoms with Crippen molar-refractivity contribution >= 4 is 23.1 Å². The summed E-state index contributed by atoms with van der Waals surface area (Å²) in [6.07, 6.45) is 0. The van der Waals surface area contributed by atoms with Crippen LogP contribution in [0.5, 0.6) is 0 Å². The van der Waals surface area contributed by atoms with Crippen LogP contribution in [0, 0.1) is 0 Å². The summed E-state index contributed by atoms with van der Waals surface area (Å²) in [4.78, 5) is 0. The van der Waals surface area contributed by atoms with Gasteiger partial charge in [0, 0.05) is 5.69 Å². The highest BCUT2D eigenvalue weighted by Gasteiger charge is 2.00. The number of rotatable bonds is 3. The highest BCUT2D eigenvalue weighted by Crippen LogP contribution is 2.19. The van der Waals surface area contributed by atoms with Crippen molar-refractivity contribution in [3.63, 3.8) is 0 Å². The average molecular weight is 248 g/mol. The standard InChI is InChI=1S/C13H14ClN3/c1-9(2)10-3-5-11(6-4-10)15-13-8-7-12(14)16-17-13/h3-9H,1-2H3,(H,15,17). The van der Waals surface area contributed by atoms with Gasteiger partial charge in [-0.25, -0.2) is 0 Å². The van der Waals surface area contributed by atoms with Crippen LogP contribution in [0.3, 0.4) is 0 Å². The van der Waals surface area contributed by atoms with E-state index in [-0.39, 0.29) is 0 Å². The summed E-state index contributed by atoms with van der Waals surface area (Å²) in [6.45, 7) is 4.35. The topological polar surface area (TPSA) is 37.8 Å². The molecule has 0 aliphatic heterocycles. The molecule has 2 aromatic rings. The Labute approximate surface area is 106 Å². The predicted octanol–water partition coefficient (Wildman–Crippen LogP) is 4.00. The molecule has 0 saturated heterocycles. The number of anilines is 2. The molecular weight excluding hydrogens is 234 g/mol. The molecule has 88 valence electrons. The van der Waals surface area contributed by atoms with Crippen LogP contribution in [0.25, 0.3) is 0 Å². The first-order chi connectivity index (χ1) is 8.15. The number of hydrogen-bond acceptors (Lipinski definition) is 3. The van der Waals surface area contributed by atoms with Gasteiger partial charge in [-0.1, -0.05) is 37.6 Å². The van der Waals surface area contributed by atoms with Crippen LogP contribution in [0.15, 0.2) is 36.4 Å². The zero-order valence-corrected chi connectivity index (χ0v) is 10.6. The van der Waals surface area contributed by atoms with Gasteiger partial charge in [0.2, 0.25) is 0 Å². The van der Waals surface area contributed by atoms with Gasteiger partial charge in [0.1, 0.15) is 0 Å². The van der Waals surface area contributed by atoms with Gasteiger partial charge in [-0.3, -0.25) is 0 Å². The van der Waals surface area contributed by atoms with Crippen molar-refractivity contribution in [3.8, 4) is 0 Å². The van der Waals surface area contributed by atoms with Crippen LogP contribution < -0.4 is 5.32 Å². The molecule has 0 bridgehead atoms. The van der Waals surface area contributed by atoms with E-state index < -0.39 is 0 Å². The van der Waals surface area contributed by atoms with Gasteiger partial charge in [-0.2, -0.15) is 0 Å². The summed E-state index contributed by atoms with van der Waals surface area (Å²) in [5, 5.41) is 11.3. The second-order valence-corrected chi connectivity index (χ2v) is 4.53. The van der Waals surface area contributed by atoms with E-state index >= 15 is 0 Å². The molecule has 1 aromatic heterocycles. The number of nitrogens with zero attached hydrogens (tertiary/aromatic N) is 2. The normalized spacial score (nSPS) is 10.6. The van der Waals surface area contributed by atoms with E-state index in [0.717, 1.165) is 5.69 Å². The Balaban J connectivity index is 2.11. The van der Waals surface area contributed by atoms with Crippen molar-refractivity contribution in [2.24, 2.45) is 0 Å². The lowest BCUT2D eigenvalue weighted by molar-refractivity contribution is 0.867. The number of hydrogen-bond donors (Lipinski definition) is 1. The lowest BCUT2D eigenvalue weighted by Gasteiger charge is -2.08. The van der Waals surface area contributed by atoms with Crippen molar-refractivity contribution in [2.75, 3.05) is 5.32 Å². The van der Waals surface area contributed by atoms with Gasteiger partial charge in [0.25, 0.3) is 0 Å². The third-order valence-electron chi connectivity index (χ3n) is 2.48. The molecule has 0 saturated carbocycles. The summed E-state index contributed by atoms with van der Waals surface area (Å²) in [7, 11) is 0. The quantitative estimate of drug-likeness (QED) is 0.891. The molecule has 3 nitrogen and oxygen atoms in total. The van der Waals surface area contributed by atoms with E-state index in [1.165, 1.54) is 5.56 Å². The second kappa shape index (κ2) is 5.15. The molecule has 4 heteroatoms. The van der Waals surface area contributed by atoms with Crippen molar-refractivity contribution in [1.29, 1.82) is 0 Å². The van der Waals surface area contributed by atoms with E-state index in [2.05, 4.69) is 41.5 Å². The Bertz CT molecular complexity index is 477. The van der Waals surface area contributed by atoms with Crippen LogP contribution in [0.4, 0.5) is 11.5 Å². The molecule has 1 aromatic carbocycles. The maximum Gasteiger partial charge on any atom is 0.153 e. The fraction of sp³-hybridized carbons (Fsp3) is 0.231. The van der Waals surface area contributed by atoms with Crippen LogP contribution in [0.1, 0.15) is 25.3 Å². The molecule has 1 heterocycles. The molecule has 17 heavy (non-hydrogen) atoms. The maximum atomic E-state index is 5.67. The average Bonchev–Trinajstić information content (AvgIpc) is 2.33. The summed E-state index contributed by atoms with van der Waals surface area (Å²) >= 11 is 5.67. The van der Waals surface area contributed by atoms with Crippen LogP contribution >= 0.6 is 11.6 Å². The second-order valence-electron chi connectivity index (χ2n) is 4.14. The molecule has 0 radical (unpaired) electrons. The minimum atomic E-state index is 0.394. The van der Waals surface area contributed by atoms with Gasteiger partial charge < -0.3 is 5.32 Å². The fourth-order valence-corrected chi connectivity index (χ4v) is 1.58. The van der Waals surface area contributed by atoms with Crippen LogP contribution in [0.2, 0.25) is 5.15 Å². The molecule has 0 aliphatic carbocycles. The summed E-state index contributed by atoms with van der Waals surface area (Å²) < 4.78 is 0. The number of aromatic nitrogens is 2. The lowest BCUT2D eigenvalue weighted by Crippen LogP contribution is -1.95. The first kappa shape index (κ1) is 11.9. The molecule has 1 N–H and O–H groups in total. The third kappa shape index (κ3) is 3.17. The zero-order valence-electron chi connectivity index (χ0n) is 9.81. The van der Waals surface area contributed by atoms with E-state index in [0.29, 0.717) is 16.9 Å². The minimum Gasteiger partial charge on any atom is -0.339 e. The Kier molecular flexibility index (Phi) is 3.59. The Morgan fingerprint density at radius 2 is 1.71 bits per heavy atom. The van der Waals surface area contributed by atoms with Gasteiger partial charge in [-0.15, -0.1) is 10.2 Å². The van der Waals surface area contributed by atoms with Gasteiger partial charge in [-0.05, 0) is 35.7 Å². The smallest absolute Gasteiger partial charge is 0.153 e. The monoisotopic (exact) mass is 247 g/mol. The fourth-order valence-electron chi connectivity index (χ4n) is 1.48. The number of nitrogens with one attached hydrogen (secondary N) is 1. The van der Waals surface area contributed by atoms with E-state index in [1.807, 2.05) is 12.1 Å². The Morgan fingerprint density at radius 1 is 1.00 bits per heavy atom. The van der Waals surface area contributed by atoms with Crippen LogP contribution in [-0.4, -0.2) is 10.2 Å². The van der Waals surface area contributed by atoms with Crippen molar-refractivity contribution in [1.82, 2.24) is 10.2 Å². The summed E-state index contributed by atoms with van der Waals surface area (Å²) in [5.41, 5.74) is 2.31. The van der Waals surface area contributed by atoms with E-state index in [1.54, 1.807) is 12.1 Å². The molecule has 0 spiro atoms. The third-order valence-corrected chi connectivity index (χ3v) is 2.68. The molecule has 0 amide bonds. The molecule has 0 unspecified atom stereocenters. The Morgan fingerprint density at radius 3 is 2.24 bits per heavy atom. The minimum absolute atomic E-state index is 0.394. The van der Waals surface area contributed by atoms with Crippen molar-refractivity contribution < 1.29 is 0 Å². The maximum absolute atomic E-state index is 5.67. The first-order valence-corrected chi connectivity index (χ1v) is 5.89. The SMILES string of the molecule is CC(C)c1ccc(Nc2ccc(Cl)nn2)cc1.